The van der Waals surface area contributed by atoms with Gasteiger partial charge in [0, 0.05) is 0 Å². The molecule has 1 rings (SSSR count). The third-order valence-corrected chi connectivity index (χ3v) is 2.86. The molecule has 4 N–H and O–H groups in total. The topological polar surface area (TPSA) is 52.0 Å². The third-order valence-electron chi connectivity index (χ3n) is 2.86. The van der Waals surface area contributed by atoms with Crippen LogP contribution in [0.2, 0.25) is 0 Å². The molecule has 78 valence electrons. The van der Waals surface area contributed by atoms with E-state index in [2.05, 4.69) is 26.8 Å². The van der Waals surface area contributed by atoms with Gasteiger partial charge in [0.15, 0.2) is 0 Å². The van der Waals surface area contributed by atoms with Gasteiger partial charge in [0.25, 0.3) is 0 Å². The van der Waals surface area contributed by atoms with E-state index in [-0.39, 0.29) is 0 Å². The summed E-state index contributed by atoms with van der Waals surface area (Å²) in [5, 5.41) is 0. The number of hydrogen-bond acceptors (Lipinski definition) is 2. The van der Waals surface area contributed by atoms with E-state index in [9.17, 15) is 0 Å². The predicted molar refractivity (Wildman–Crippen MR) is 63.4 cm³/mol. The molecule has 1 unspecified atom stereocenters. The Labute approximate surface area is 86.3 Å². The summed E-state index contributed by atoms with van der Waals surface area (Å²) < 4.78 is 0. The van der Waals surface area contributed by atoms with Crippen LogP contribution in [0.3, 0.4) is 0 Å². The molecule has 0 aliphatic carbocycles. The lowest BCUT2D eigenvalue weighted by molar-refractivity contribution is 0.735. The molecule has 0 aliphatic heterocycles. The average Bonchev–Trinajstić information content (AvgIpc) is 2.20. The Balaban J connectivity index is 3.20. The van der Waals surface area contributed by atoms with Crippen molar-refractivity contribution in [3.8, 4) is 0 Å². The van der Waals surface area contributed by atoms with Gasteiger partial charge in [0.1, 0.15) is 0 Å². The first-order valence-corrected chi connectivity index (χ1v) is 5.27. The van der Waals surface area contributed by atoms with Gasteiger partial charge in [0.05, 0.1) is 11.4 Å². The van der Waals surface area contributed by atoms with Crippen molar-refractivity contribution in [2.75, 3.05) is 11.5 Å². The van der Waals surface area contributed by atoms with Gasteiger partial charge in [-0.25, -0.2) is 0 Å². The molecule has 1 aromatic rings. The van der Waals surface area contributed by atoms with E-state index in [0.717, 1.165) is 24.2 Å². The molecule has 0 aliphatic rings. The Morgan fingerprint density at radius 1 is 1.21 bits per heavy atom. The molecule has 0 aromatic heterocycles. The zero-order chi connectivity index (χ0) is 10.7. The lowest BCUT2D eigenvalue weighted by Crippen LogP contribution is -2.04. The first kappa shape index (κ1) is 10.9. The zero-order valence-corrected chi connectivity index (χ0v) is 9.30. The van der Waals surface area contributed by atoms with Gasteiger partial charge in [-0.3, -0.25) is 0 Å². The Morgan fingerprint density at radius 3 is 2.36 bits per heavy atom. The monoisotopic (exact) mass is 192 g/mol. The van der Waals surface area contributed by atoms with Gasteiger partial charge < -0.3 is 11.5 Å². The van der Waals surface area contributed by atoms with Gasteiger partial charge >= 0.3 is 0 Å². The van der Waals surface area contributed by atoms with Crippen molar-refractivity contribution in [2.24, 2.45) is 0 Å². The molecule has 0 saturated carbocycles. The lowest BCUT2D eigenvalue weighted by Gasteiger charge is -2.15. The number of nitrogens with two attached hydrogens (primary N) is 2. The summed E-state index contributed by atoms with van der Waals surface area (Å²) in [4.78, 5) is 0. The zero-order valence-electron chi connectivity index (χ0n) is 9.30. The van der Waals surface area contributed by atoms with Crippen molar-refractivity contribution >= 4 is 11.4 Å². The smallest absolute Gasteiger partial charge is 0.0583 e. The lowest BCUT2D eigenvalue weighted by atomic mass is 9.93. The quantitative estimate of drug-likeness (QED) is 0.723. The van der Waals surface area contributed by atoms with Crippen LogP contribution in [0.5, 0.6) is 0 Å². The molecular formula is C12H20N2. The molecule has 0 heterocycles. The molecule has 0 saturated heterocycles. The van der Waals surface area contributed by atoms with E-state index in [1.54, 1.807) is 0 Å². The second-order valence-electron chi connectivity index (χ2n) is 3.85. The van der Waals surface area contributed by atoms with E-state index in [4.69, 9.17) is 11.5 Å². The third kappa shape index (κ3) is 2.00. The Kier molecular flexibility index (Phi) is 3.39. The molecule has 1 atom stereocenters. The first-order valence-electron chi connectivity index (χ1n) is 5.27. The number of nitrogen functional groups attached to an aromatic ring is 2. The second kappa shape index (κ2) is 4.36. The molecule has 2 heteroatoms. The van der Waals surface area contributed by atoms with Gasteiger partial charge in [-0.05, 0) is 36.0 Å². The second-order valence-corrected chi connectivity index (χ2v) is 3.85. The maximum Gasteiger partial charge on any atom is 0.0583 e. The predicted octanol–water partition coefficient (Wildman–Crippen LogP) is 2.93. The Bertz CT molecular complexity index is 318. The number of benzene rings is 1. The highest BCUT2D eigenvalue weighted by Crippen LogP contribution is 2.30. The van der Waals surface area contributed by atoms with E-state index >= 15 is 0 Å². The van der Waals surface area contributed by atoms with Crippen LogP contribution >= 0.6 is 0 Å². The summed E-state index contributed by atoms with van der Waals surface area (Å²) in [6, 6.07) is 4.15. The van der Waals surface area contributed by atoms with Crippen LogP contribution in [0.25, 0.3) is 0 Å². The van der Waals surface area contributed by atoms with Crippen molar-refractivity contribution in [1.29, 1.82) is 0 Å². The molecule has 0 radical (unpaired) electrons. The van der Waals surface area contributed by atoms with Crippen LogP contribution in [0.1, 0.15) is 44.2 Å². The summed E-state index contributed by atoms with van der Waals surface area (Å²) in [7, 11) is 0. The highest BCUT2D eigenvalue weighted by atomic mass is 14.7. The van der Waals surface area contributed by atoms with Crippen LogP contribution in [0.15, 0.2) is 12.1 Å². The van der Waals surface area contributed by atoms with E-state index in [0.29, 0.717) is 5.92 Å². The van der Waals surface area contributed by atoms with Crippen LogP contribution in [0, 0.1) is 0 Å². The van der Waals surface area contributed by atoms with Crippen molar-refractivity contribution < 1.29 is 0 Å². The van der Waals surface area contributed by atoms with Crippen LogP contribution < -0.4 is 11.5 Å². The summed E-state index contributed by atoms with van der Waals surface area (Å²) in [5.74, 6) is 0.490. The normalized spacial score (nSPS) is 12.8. The van der Waals surface area contributed by atoms with Crippen molar-refractivity contribution in [1.82, 2.24) is 0 Å². The largest absolute Gasteiger partial charge is 0.397 e. The molecule has 1 aromatic carbocycles. The minimum atomic E-state index is 0.490. The van der Waals surface area contributed by atoms with Gasteiger partial charge in [0.2, 0.25) is 0 Å². The number of hydrogen-bond donors (Lipinski definition) is 2. The Hall–Kier alpha value is -1.18. The highest BCUT2D eigenvalue weighted by molar-refractivity contribution is 5.69. The fourth-order valence-corrected chi connectivity index (χ4v) is 1.60. The summed E-state index contributed by atoms with van der Waals surface area (Å²) in [6.07, 6.45) is 2.10. The van der Waals surface area contributed by atoms with Crippen LogP contribution in [-0.4, -0.2) is 0 Å². The van der Waals surface area contributed by atoms with Crippen LogP contribution in [0.4, 0.5) is 11.4 Å². The van der Waals surface area contributed by atoms with Gasteiger partial charge in [-0.15, -0.1) is 0 Å². The minimum Gasteiger partial charge on any atom is -0.397 e. The summed E-state index contributed by atoms with van der Waals surface area (Å²) in [5.41, 5.74) is 15.8. The van der Waals surface area contributed by atoms with E-state index in [1.807, 2.05) is 6.07 Å². The fourth-order valence-electron chi connectivity index (χ4n) is 1.60. The number of aryl methyl sites for hydroxylation is 1. The number of rotatable bonds is 3. The average molecular weight is 192 g/mol. The van der Waals surface area contributed by atoms with E-state index in [1.165, 1.54) is 11.1 Å². The van der Waals surface area contributed by atoms with E-state index < -0.39 is 0 Å². The molecule has 0 bridgehead atoms. The maximum atomic E-state index is 5.96. The van der Waals surface area contributed by atoms with Gasteiger partial charge in [-0.1, -0.05) is 26.8 Å². The number of anilines is 2. The van der Waals surface area contributed by atoms with Gasteiger partial charge in [-0.2, -0.15) is 0 Å². The van der Waals surface area contributed by atoms with Crippen molar-refractivity contribution in [2.45, 2.75) is 39.5 Å². The van der Waals surface area contributed by atoms with Crippen molar-refractivity contribution in [3.63, 3.8) is 0 Å². The SMILES string of the molecule is CCc1cc(N)c(N)c(C(C)CC)c1. The molecule has 0 fully saturated rings. The highest BCUT2D eigenvalue weighted by Gasteiger charge is 2.10. The van der Waals surface area contributed by atoms with Crippen molar-refractivity contribution in [3.05, 3.63) is 23.3 Å². The molecule has 14 heavy (non-hydrogen) atoms. The molecule has 0 amide bonds. The maximum absolute atomic E-state index is 5.96. The molecular weight excluding hydrogens is 172 g/mol. The molecule has 2 nitrogen and oxygen atoms in total. The summed E-state index contributed by atoms with van der Waals surface area (Å²) >= 11 is 0. The fraction of sp³-hybridized carbons (Fsp3) is 0.500. The van der Waals surface area contributed by atoms with Crippen LogP contribution in [-0.2, 0) is 6.42 Å². The standard InChI is InChI=1S/C12H20N2/c1-4-8(3)10-6-9(5-2)7-11(13)12(10)14/h6-8H,4-5,13-14H2,1-3H3. The molecule has 0 spiro atoms. The Morgan fingerprint density at radius 2 is 1.86 bits per heavy atom. The minimum absolute atomic E-state index is 0.490. The first-order chi connectivity index (χ1) is 6.60. The summed E-state index contributed by atoms with van der Waals surface area (Å²) in [6.45, 7) is 6.48.